The van der Waals surface area contributed by atoms with Crippen LogP contribution in [-0.4, -0.2) is 158 Å². The number of fused-ring (bicyclic) bond motifs is 5. The van der Waals surface area contributed by atoms with Crippen molar-refractivity contribution in [2.75, 3.05) is 72.2 Å². The van der Waals surface area contributed by atoms with Crippen molar-refractivity contribution >= 4 is 57.3 Å². The minimum absolute atomic E-state index is 0.108. The minimum Gasteiger partial charge on any atom is -0.492 e. The highest BCUT2D eigenvalue weighted by molar-refractivity contribution is 7.15. The molecule has 356 valence electrons. The second-order valence-electron chi connectivity index (χ2n) is 18.5. The number of nitrogens with zero attached hydrogens (tertiary/aromatic N) is 9. The number of hydrogen-bond acceptors (Lipinski definition) is 14. The Morgan fingerprint density at radius 3 is 2.41 bits per heavy atom. The van der Waals surface area contributed by atoms with Crippen molar-refractivity contribution in [3.63, 3.8) is 0 Å². The van der Waals surface area contributed by atoms with Crippen molar-refractivity contribution in [3.05, 3.63) is 97.9 Å². The number of aliphatic hydroxyl groups excluding tert-OH is 1. The van der Waals surface area contributed by atoms with E-state index in [-0.39, 0.29) is 37.2 Å². The van der Waals surface area contributed by atoms with Gasteiger partial charge in [-0.2, -0.15) is 4.98 Å². The minimum atomic E-state index is -0.653. The Bertz CT molecular complexity index is 2840. The van der Waals surface area contributed by atoms with Crippen LogP contribution in [0, 0.1) is 26.7 Å². The van der Waals surface area contributed by atoms with Crippen molar-refractivity contribution in [2.45, 2.75) is 70.5 Å². The number of likely N-dealkylation sites (tertiary alicyclic amines) is 1. The Morgan fingerprint density at radius 1 is 0.897 bits per heavy atom. The fourth-order valence-electron chi connectivity index (χ4n) is 10.2. The van der Waals surface area contributed by atoms with Gasteiger partial charge >= 0.3 is 0 Å². The van der Waals surface area contributed by atoms with Gasteiger partial charge in [0.1, 0.15) is 47.5 Å². The highest BCUT2D eigenvalue weighted by atomic mass is 35.5. The molecule has 2 N–H and O–H groups in total. The molecule has 4 fully saturated rings. The lowest BCUT2D eigenvalue weighted by Gasteiger charge is -2.39. The van der Waals surface area contributed by atoms with Gasteiger partial charge < -0.3 is 38.8 Å². The Labute approximate surface area is 408 Å². The van der Waals surface area contributed by atoms with E-state index in [1.165, 1.54) is 10.4 Å². The number of benzene rings is 2. The second kappa shape index (κ2) is 19.1. The highest BCUT2D eigenvalue weighted by Crippen LogP contribution is 2.40. The fraction of sp³-hybridized carbons (Fsp3) is 0.469. The molecular formula is C49H54Cl2N10O6S. The molecular weight excluding hydrogens is 928 g/mol. The molecule has 5 aliphatic heterocycles. The summed E-state index contributed by atoms with van der Waals surface area (Å²) in [5.41, 5.74) is 6.67. The average molecular weight is 982 g/mol. The van der Waals surface area contributed by atoms with E-state index in [2.05, 4.69) is 48.4 Å². The normalized spacial score (nSPS) is 23.4. The lowest BCUT2D eigenvalue weighted by molar-refractivity contribution is -0.133. The van der Waals surface area contributed by atoms with Crippen LogP contribution in [0.2, 0.25) is 10.0 Å². The predicted octanol–water partition coefficient (Wildman–Crippen LogP) is 6.62. The number of aliphatic imine (C=N–C) groups is 1. The summed E-state index contributed by atoms with van der Waals surface area (Å²) in [5.74, 6) is 2.94. The largest absolute Gasteiger partial charge is 0.492 e. The zero-order chi connectivity index (χ0) is 46.6. The van der Waals surface area contributed by atoms with Crippen molar-refractivity contribution in [1.82, 2.24) is 44.4 Å². The number of hydrogen-bond donors (Lipinski definition) is 2. The van der Waals surface area contributed by atoms with Crippen LogP contribution in [0.25, 0.3) is 27.4 Å². The Hall–Kier alpha value is -4.98. The van der Waals surface area contributed by atoms with Gasteiger partial charge in [0.25, 0.3) is 6.01 Å². The molecule has 5 atom stereocenters. The first-order valence-corrected chi connectivity index (χ1v) is 25.1. The molecule has 4 saturated heterocycles. The molecule has 2 aromatic carbocycles. The van der Waals surface area contributed by atoms with Gasteiger partial charge in [0.05, 0.1) is 41.6 Å². The number of carbonyl (C=O) groups excluding carboxylic acids is 1. The number of piperazine rings is 1. The fourth-order valence-corrected chi connectivity index (χ4v) is 11.8. The molecule has 68 heavy (non-hydrogen) atoms. The summed E-state index contributed by atoms with van der Waals surface area (Å²) in [7, 11) is 0. The average Bonchev–Trinajstić information content (AvgIpc) is 4.16. The standard InChI is InChI=1S/C49H54Cl2N10O6S/c1-27-28(2)68-48-41(27)43(32-4-8-33(50)9-5-32)52-37(47-57-56-29(3)61(47)48)23-40(63)60-14-12-30(13-15-60)24-59-18-16-58(17-19-59)20-21-64-34-10-6-31(7-11-34)42-35(51)22-36-46(54-42)55-49(53-36)67-39-26-66-44-38(62)25-65-45(39)44/h4-11,22,30,37-39,44-45,62H,12-21,23-26H2,1-3H3,(H,53,54,55)/t37-,38+,39+,44+,45+/m0/s1. The molecule has 0 bridgehead atoms. The van der Waals surface area contributed by atoms with Crippen LogP contribution in [0.15, 0.2) is 59.6 Å². The highest BCUT2D eigenvalue weighted by Gasteiger charge is 2.49. The molecule has 4 aromatic heterocycles. The first-order chi connectivity index (χ1) is 33.0. The topological polar surface area (TPSA) is 169 Å². The molecule has 0 saturated carbocycles. The van der Waals surface area contributed by atoms with Crippen molar-refractivity contribution in [1.29, 1.82) is 0 Å². The number of carbonyl (C=O) groups is 1. The molecule has 19 heteroatoms. The van der Waals surface area contributed by atoms with Crippen LogP contribution in [-0.2, 0) is 14.3 Å². The molecule has 16 nitrogen and oxygen atoms in total. The first-order valence-electron chi connectivity index (χ1n) is 23.5. The molecule has 11 rings (SSSR count). The third kappa shape index (κ3) is 9.03. The van der Waals surface area contributed by atoms with Crippen LogP contribution in [0.3, 0.4) is 0 Å². The molecule has 6 aromatic rings. The molecule has 0 radical (unpaired) electrons. The van der Waals surface area contributed by atoms with Gasteiger partial charge in [0, 0.05) is 78.9 Å². The quantitative estimate of drug-likeness (QED) is 0.135. The van der Waals surface area contributed by atoms with Gasteiger partial charge in [-0.25, -0.2) is 4.98 Å². The number of aryl methyl sites for hydroxylation is 2. The number of thiophene rings is 1. The zero-order valence-corrected chi connectivity index (χ0v) is 40.6. The number of rotatable bonds is 12. The van der Waals surface area contributed by atoms with E-state index >= 15 is 0 Å². The predicted molar refractivity (Wildman–Crippen MR) is 260 cm³/mol. The van der Waals surface area contributed by atoms with Gasteiger partial charge in [-0.3, -0.25) is 19.3 Å². The van der Waals surface area contributed by atoms with Crippen molar-refractivity contribution < 1.29 is 28.8 Å². The molecule has 0 aliphatic carbocycles. The first kappa shape index (κ1) is 45.5. The summed E-state index contributed by atoms with van der Waals surface area (Å²) in [5, 5.41) is 21.3. The van der Waals surface area contributed by atoms with Crippen molar-refractivity contribution in [2.24, 2.45) is 10.9 Å². The monoisotopic (exact) mass is 980 g/mol. The maximum atomic E-state index is 14.1. The van der Waals surface area contributed by atoms with E-state index < -0.39 is 12.1 Å². The lowest BCUT2D eigenvalue weighted by Crippen LogP contribution is -2.49. The number of halogens is 2. The van der Waals surface area contributed by atoms with Gasteiger partial charge in [-0.15, -0.1) is 21.5 Å². The van der Waals surface area contributed by atoms with Crippen LogP contribution in [0.1, 0.15) is 58.5 Å². The maximum absolute atomic E-state index is 14.1. The van der Waals surface area contributed by atoms with E-state index in [4.69, 9.17) is 52.1 Å². The van der Waals surface area contributed by atoms with E-state index in [1.807, 2.05) is 60.4 Å². The maximum Gasteiger partial charge on any atom is 0.296 e. The zero-order valence-electron chi connectivity index (χ0n) is 38.2. The second-order valence-corrected chi connectivity index (χ2v) is 20.5. The molecule has 1 amide bonds. The van der Waals surface area contributed by atoms with Gasteiger partial charge in [-0.05, 0) is 87.6 Å². The Balaban J connectivity index is 0.633. The number of amides is 1. The lowest BCUT2D eigenvalue weighted by atomic mass is 9.95. The van der Waals surface area contributed by atoms with E-state index in [0.717, 1.165) is 104 Å². The summed E-state index contributed by atoms with van der Waals surface area (Å²) < 4.78 is 25.7. The number of aliphatic hydroxyl groups is 1. The smallest absolute Gasteiger partial charge is 0.296 e. The summed E-state index contributed by atoms with van der Waals surface area (Å²) >= 11 is 14.7. The number of nitrogens with one attached hydrogen (secondary N) is 1. The number of H-pyrrole nitrogens is 1. The van der Waals surface area contributed by atoms with E-state index in [0.29, 0.717) is 57.9 Å². The summed E-state index contributed by atoms with van der Waals surface area (Å²) in [6.07, 6.45) is 0.443. The third-order valence-electron chi connectivity index (χ3n) is 14.1. The molecule has 9 heterocycles. The van der Waals surface area contributed by atoms with Gasteiger partial charge in [0.15, 0.2) is 17.6 Å². The Morgan fingerprint density at radius 2 is 1.63 bits per heavy atom. The van der Waals surface area contributed by atoms with E-state index in [1.54, 1.807) is 17.4 Å². The number of imidazole rings is 1. The number of pyridine rings is 1. The van der Waals surface area contributed by atoms with Crippen LogP contribution < -0.4 is 9.47 Å². The number of piperidine rings is 1. The SMILES string of the molecule is Cc1sc2c(c1C)C(c1ccc(Cl)cc1)=N[C@@H](CC(=O)N1CCC(CN3CCN(CCOc4ccc(-c5nc6nc(O[C@@H]7CO[C@H]8[C@@H]7OC[C@H]8O)[nH]c6cc5Cl)cc4)CC3)CC1)c1nnc(C)n1-2. The summed E-state index contributed by atoms with van der Waals surface area (Å²) in [4.78, 5) is 40.1. The molecule has 0 unspecified atom stereocenters. The number of aromatic nitrogens is 6. The van der Waals surface area contributed by atoms with Crippen LogP contribution >= 0.6 is 34.5 Å². The van der Waals surface area contributed by atoms with Crippen LogP contribution in [0.4, 0.5) is 0 Å². The Kier molecular flexibility index (Phi) is 12.8. The molecule has 0 spiro atoms. The van der Waals surface area contributed by atoms with Gasteiger partial charge in [0.2, 0.25) is 5.91 Å². The summed E-state index contributed by atoms with van der Waals surface area (Å²) in [6.45, 7) is 14.8. The number of aromatic amines is 1. The van der Waals surface area contributed by atoms with Crippen LogP contribution in [0.5, 0.6) is 11.8 Å². The molecule has 5 aliphatic rings. The van der Waals surface area contributed by atoms with Gasteiger partial charge in [-0.1, -0.05) is 35.3 Å². The third-order valence-corrected chi connectivity index (χ3v) is 15.9. The number of ether oxygens (including phenoxy) is 4. The van der Waals surface area contributed by atoms with E-state index in [9.17, 15) is 9.90 Å². The summed E-state index contributed by atoms with van der Waals surface area (Å²) in [6, 6.07) is 17.2. The van der Waals surface area contributed by atoms with Crippen molar-refractivity contribution in [3.8, 4) is 28.0 Å².